The highest BCUT2D eigenvalue weighted by molar-refractivity contribution is 6.37. The Balaban J connectivity index is 1.51. The molecule has 0 bridgehead atoms. The van der Waals surface area contributed by atoms with Crippen molar-refractivity contribution in [1.29, 1.82) is 0 Å². The van der Waals surface area contributed by atoms with Gasteiger partial charge in [0.25, 0.3) is 11.5 Å². The van der Waals surface area contributed by atoms with Crippen molar-refractivity contribution in [3.63, 3.8) is 0 Å². The van der Waals surface area contributed by atoms with E-state index < -0.39 is 0 Å². The number of nitrogens with zero attached hydrogens (tertiary/aromatic N) is 1. The van der Waals surface area contributed by atoms with Crippen molar-refractivity contribution in [2.24, 2.45) is 5.92 Å². The van der Waals surface area contributed by atoms with Gasteiger partial charge >= 0.3 is 0 Å². The molecule has 1 unspecified atom stereocenters. The lowest BCUT2D eigenvalue weighted by atomic mass is 9.82. The molecule has 2 aromatic rings. The van der Waals surface area contributed by atoms with Crippen LogP contribution in [0.3, 0.4) is 0 Å². The largest absolute Gasteiger partial charge is 0.334 e. The van der Waals surface area contributed by atoms with Gasteiger partial charge in [0.1, 0.15) is 0 Å². The third-order valence-electron chi connectivity index (χ3n) is 7.11. The van der Waals surface area contributed by atoms with E-state index in [0.29, 0.717) is 40.1 Å². The van der Waals surface area contributed by atoms with Crippen LogP contribution in [0, 0.1) is 12.8 Å². The first-order chi connectivity index (χ1) is 14.9. The molecule has 1 aliphatic carbocycles. The van der Waals surface area contributed by atoms with E-state index in [0.717, 1.165) is 47.5 Å². The van der Waals surface area contributed by atoms with Gasteiger partial charge < -0.3 is 15.2 Å². The lowest BCUT2D eigenvalue weighted by Gasteiger charge is -2.35. The molecule has 7 heteroatoms. The number of halogens is 2. The molecule has 1 atom stereocenters. The Bertz CT molecular complexity index is 1180. The van der Waals surface area contributed by atoms with E-state index in [1.807, 2.05) is 19.1 Å². The number of aromatic nitrogens is 1. The van der Waals surface area contributed by atoms with Crippen LogP contribution in [0.2, 0.25) is 10.0 Å². The van der Waals surface area contributed by atoms with Crippen LogP contribution in [-0.2, 0) is 19.4 Å². The van der Waals surface area contributed by atoms with E-state index >= 15 is 0 Å². The summed E-state index contributed by atoms with van der Waals surface area (Å²) in [6.07, 6.45) is 5.44. The van der Waals surface area contributed by atoms with E-state index in [1.54, 1.807) is 4.90 Å². The number of nitrogens with one attached hydrogen (secondary N) is 2. The van der Waals surface area contributed by atoms with Gasteiger partial charge in [-0.05, 0) is 73.0 Å². The number of hydrogen-bond acceptors (Lipinski definition) is 3. The number of aromatic amines is 1. The number of aryl methyl sites for hydroxylation is 1. The van der Waals surface area contributed by atoms with Crippen LogP contribution in [0.15, 0.2) is 16.9 Å². The second kappa shape index (κ2) is 7.80. The first-order valence-electron chi connectivity index (χ1n) is 10.8. The normalized spacial score (nSPS) is 18.7. The van der Waals surface area contributed by atoms with Gasteiger partial charge in [-0.1, -0.05) is 42.3 Å². The third kappa shape index (κ3) is 3.34. The summed E-state index contributed by atoms with van der Waals surface area (Å²) in [5.74, 6) is 0.560. The van der Waals surface area contributed by atoms with Crippen molar-refractivity contribution < 1.29 is 4.79 Å². The summed E-state index contributed by atoms with van der Waals surface area (Å²) < 4.78 is 0. The van der Waals surface area contributed by atoms with Crippen molar-refractivity contribution in [2.45, 2.75) is 39.2 Å². The fourth-order valence-corrected chi connectivity index (χ4v) is 5.74. The fraction of sp³-hybridized carbons (Fsp3) is 0.417. The Morgan fingerprint density at radius 2 is 2.00 bits per heavy atom. The van der Waals surface area contributed by atoms with Gasteiger partial charge in [-0.2, -0.15) is 0 Å². The number of carbonyl (C=O) groups is 1. The van der Waals surface area contributed by atoms with Gasteiger partial charge in [0, 0.05) is 22.8 Å². The number of carbonyl (C=O) groups excluding carboxylic acids is 1. The molecule has 1 amide bonds. The zero-order valence-electron chi connectivity index (χ0n) is 17.6. The Kier molecular flexibility index (Phi) is 5.24. The minimum absolute atomic E-state index is 0.123. The number of allylic oxidation sites excluding steroid dienone is 1. The predicted octanol–water partition coefficient (Wildman–Crippen LogP) is 4.08. The van der Waals surface area contributed by atoms with Crippen LogP contribution < -0.4 is 10.9 Å². The molecule has 3 aliphatic rings. The third-order valence-corrected chi connectivity index (χ3v) is 7.86. The molecular formula is C24H25Cl2N3O2. The summed E-state index contributed by atoms with van der Waals surface area (Å²) in [4.78, 5) is 30.9. The maximum absolute atomic E-state index is 13.5. The minimum Gasteiger partial charge on any atom is -0.334 e. The van der Waals surface area contributed by atoms with Crippen molar-refractivity contribution >= 4 is 35.2 Å². The number of benzene rings is 1. The second-order valence-electron chi connectivity index (χ2n) is 8.86. The molecule has 5 rings (SSSR count). The smallest absolute Gasteiger partial charge is 0.256 e. The molecule has 0 saturated carbocycles. The molecule has 1 aromatic heterocycles. The van der Waals surface area contributed by atoms with Gasteiger partial charge in [0.05, 0.1) is 17.1 Å². The van der Waals surface area contributed by atoms with Gasteiger partial charge in [0.2, 0.25) is 0 Å². The Morgan fingerprint density at radius 1 is 1.23 bits per heavy atom. The number of H-pyrrole nitrogens is 1. The van der Waals surface area contributed by atoms with Crippen LogP contribution in [0.1, 0.15) is 56.7 Å². The van der Waals surface area contributed by atoms with Crippen molar-refractivity contribution in [1.82, 2.24) is 15.2 Å². The van der Waals surface area contributed by atoms with Crippen molar-refractivity contribution in [3.8, 4) is 0 Å². The summed E-state index contributed by atoms with van der Waals surface area (Å²) in [7, 11) is 0. The molecule has 0 spiro atoms. The number of pyridine rings is 1. The first kappa shape index (κ1) is 20.8. The Hall–Kier alpha value is -2.08. The highest BCUT2D eigenvalue weighted by Gasteiger charge is 2.34. The Labute approximate surface area is 191 Å². The molecule has 1 saturated heterocycles. The highest BCUT2D eigenvalue weighted by atomic mass is 35.5. The summed E-state index contributed by atoms with van der Waals surface area (Å²) >= 11 is 13.4. The average molecular weight is 458 g/mol. The minimum atomic E-state index is -0.145. The van der Waals surface area contributed by atoms with Crippen LogP contribution in [0.4, 0.5) is 0 Å². The lowest BCUT2D eigenvalue weighted by Crippen LogP contribution is -2.45. The van der Waals surface area contributed by atoms with E-state index in [9.17, 15) is 9.59 Å². The van der Waals surface area contributed by atoms with Crippen LogP contribution in [0.5, 0.6) is 0 Å². The molecule has 2 N–H and O–H groups in total. The SMILES string of the molecule is Cc1[nH]c(=O)c(CN2CCc3c(Cl)cc(C(C)C4CNC4)c(Cl)c3C2=O)c2c1C=CC2. The van der Waals surface area contributed by atoms with Crippen molar-refractivity contribution in [3.05, 3.63) is 71.6 Å². The molecule has 3 heterocycles. The number of amides is 1. The quantitative estimate of drug-likeness (QED) is 0.726. The van der Waals surface area contributed by atoms with Gasteiger partial charge in [-0.15, -0.1) is 0 Å². The first-order valence-corrected chi connectivity index (χ1v) is 11.5. The lowest BCUT2D eigenvalue weighted by molar-refractivity contribution is 0.0726. The average Bonchev–Trinajstić information content (AvgIpc) is 3.17. The van der Waals surface area contributed by atoms with E-state index in [4.69, 9.17) is 23.2 Å². The summed E-state index contributed by atoms with van der Waals surface area (Å²) in [6.45, 7) is 6.73. The molecule has 0 radical (unpaired) electrons. The molecule has 31 heavy (non-hydrogen) atoms. The monoisotopic (exact) mass is 457 g/mol. The molecular weight excluding hydrogens is 433 g/mol. The number of fused-ring (bicyclic) bond motifs is 2. The van der Waals surface area contributed by atoms with Crippen LogP contribution in [-0.4, -0.2) is 35.4 Å². The number of hydrogen-bond donors (Lipinski definition) is 2. The topological polar surface area (TPSA) is 65.2 Å². The maximum Gasteiger partial charge on any atom is 0.256 e. The van der Waals surface area contributed by atoms with Crippen LogP contribution >= 0.6 is 23.2 Å². The van der Waals surface area contributed by atoms with Gasteiger partial charge in [-0.3, -0.25) is 9.59 Å². The molecule has 162 valence electrons. The molecule has 1 fully saturated rings. The molecule has 5 nitrogen and oxygen atoms in total. The second-order valence-corrected chi connectivity index (χ2v) is 9.64. The summed E-state index contributed by atoms with van der Waals surface area (Å²) in [6, 6.07) is 1.94. The van der Waals surface area contributed by atoms with E-state index in [1.165, 1.54) is 0 Å². The fourth-order valence-electron chi connectivity index (χ4n) is 5.01. The molecule has 1 aromatic carbocycles. The predicted molar refractivity (Wildman–Crippen MR) is 124 cm³/mol. The Morgan fingerprint density at radius 3 is 2.71 bits per heavy atom. The zero-order chi connectivity index (χ0) is 21.9. The zero-order valence-corrected chi connectivity index (χ0v) is 19.2. The summed E-state index contributed by atoms with van der Waals surface area (Å²) in [5, 5.41) is 4.42. The van der Waals surface area contributed by atoms with Crippen LogP contribution in [0.25, 0.3) is 6.08 Å². The van der Waals surface area contributed by atoms with E-state index in [2.05, 4.69) is 23.3 Å². The molecule has 2 aliphatic heterocycles. The highest BCUT2D eigenvalue weighted by Crippen LogP contribution is 2.40. The van der Waals surface area contributed by atoms with Gasteiger partial charge in [-0.25, -0.2) is 0 Å². The standard InChI is InChI=1S/C24H25Cl2N3O2/c1-12(14-9-27-10-14)18-8-20(25)17-6-7-29(24(31)21(17)22(18)26)11-19-16-5-3-4-15(16)13(2)28-23(19)30/h3-4,8,12,14,27H,5-7,9-11H2,1-2H3,(H,28,30). The number of rotatable bonds is 4. The maximum atomic E-state index is 13.5. The van der Waals surface area contributed by atoms with Gasteiger partial charge in [0.15, 0.2) is 0 Å². The summed E-state index contributed by atoms with van der Waals surface area (Å²) in [5.41, 5.74) is 5.75. The van der Waals surface area contributed by atoms with Crippen molar-refractivity contribution in [2.75, 3.05) is 19.6 Å². The van der Waals surface area contributed by atoms with E-state index in [-0.39, 0.29) is 23.9 Å².